The lowest BCUT2D eigenvalue weighted by Crippen LogP contribution is -2.45. The van der Waals surface area contributed by atoms with Crippen LogP contribution in [0.4, 0.5) is 5.82 Å². The number of hydrogen-bond donors (Lipinski definition) is 1. The van der Waals surface area contributed by atoms with Gasteiger partial charge in [-0.3, -0.25) is 4.79 Å². The Balaban J connectivity index is 2.44. The smallest absolute Gasteiger partial charge is 0.268 e. The van der Waals surface area contributed by atoms with Crippen LogP contribution in [0.3, 0.4) is 0 Å². The summed E-state index contributed by atoms with van der Waals surface area (Å²) in [7, 11) is -3.84. The molecule has 0 bridgehead atoms. The number of carbonyl (C=O) groups is 1. The molecule has 1 N–H and O–H groups in total. The van der Waals surface area contributed by atoms with Gasteiger partial charge in [0.05, 0.1) is 10.6 Å². The van der Waals surface area contributed by atoms with Gasteiger partial charge >= 0.3 is 10.2 Å². The van der Waals surface area contributed by atoms with Crippen LogP contribution in [0, 0.1) is 0 Å². The summed E-state index contributed by atoms with van der Waals surface area (Å²) in [5.41, 5.74) is 0.174. The molecule has 2 heterocycles. The van der Waals surface area contributed by atoms with Crippen molar-refractivity contribution >= 4 is 33.5 Å². The van der Waals surface area contributed by atoms with E-state index in [4.69, 9.17) is 11.6 Å². The fraction of sp³-hybridized carbons (Fsp3) is 0.400. The predicted octanol–water partition coefficient (Wildman–Crippen LogP) is 1.65. The normalized spacial score (nSPS) is 17.2. The van der Waals surface area contributed by atoms with Gasteiger partial charge in [0.1, 0.15) is 0 Å². The number of rotatable bonds is 3. The first kappa shape index (κ1) is 13.1. The van der Waals surface area contributed by atoms with Gasteiger partial charge in [0, 0.05) is 12.7 Å². The van der Waals surface area contributed by atoms with E-state index < -0.39 is 16.1 Å². The van der Waals surface area contributed by atoms with E-state index in [0.29, 0.717) is 11.4 Å². The van der Waals surface area contributed by atoms with Crippen LogP contribution in [0.1, 0.15) is 30.1 Å². The molecule has 1 aliphatic heterocycles. The van der Waals surface area contributed by atoms with Gasteiger partial charge in [-0.05, 0) is 12.5 Å². The lowest BCUT2D eigenvalue weighted by molar-refractivity contribution is 0.0858. The summed E-state index contributed by atoms with van der Waals surface area (Å²) in [6.45, 7) is 2.07. The molecule has 1 amide bonds. The van der Waals surface area contributed by atoms with Gasteiger partial charge in [-0.25, -0.2) is 14.0 Å². The zero-order chi connectivity index (χ0) is 13.3. The lowest BCUT2D eigenvalue weighted by atomic mass is 10.2. The average molecular weight is 290 g/mol. The summed E-state index contributed by atoms with van der Waals surface area (Å²) < 4.78 is 26.8. The van der Waals surface area contributed by atoms with Crippen molar-refractivity contribution in [1.29, 1.82) is 0 Å². The maximum Gasteiger partial charge on any atom is 0.327 e. The second kappa shape index (κ2) is 4.74. The molecule has 18 heavy (non-hydrogen) atoms. The fourth-order valence-electron chi connectivity index (χ4n) is 1.63. The van der Waals surface area contributed by atoms with Crippen LogP contribution in [-0.2, 0) is 10.2 Å². The number of nitrogens with one attached hydrogen (secondary N) is 1. The number of carbonyl (C=O) groups excluding carboxylic acids is 1. The molecule has 0 saturated heterocycles. The monoisotopic (exact) mass is 289 g/mol. The number of pyridine rings is 1. The van der Waals surface area contributed by atoms with Gasteiger partial charge in [-0.15, -0.1) is 0 Å². The number of aromatic nitrogens is 1. The second-order valence-electron chi connectivity index (χ2n) is 3.89. The Morgan fingerprint density at radius 2 is 2.22 bits per heavy atom. The van der Waals surface area contributed by atoms with E-state index >= 15 is 0 Å². The van der Waals surface area contributed by atoms with E-state index in [1.807, 2.05) is 6.92 Å². The van der Waals surface area contributed by atoms with Crippen LogP contribution < -0.4 is 4.72 Å². The molecule has 0 spiro atoms. The van der Waals surface area contributed by atoms with E-state index in [2.05, 4.69) is 9.71 Å². The quantitative estimate of drug-likeness (QED) is 0.917. The van der Waals surface area contributed by atoms with Crippen LogP contribution in [0.5, 0.6) is 0 Å². The number of halogens is 1. The number of hydrogen-bond acceptors (Lipinski definition) is 4. The molecule has 0 aromatic carbocycles. The zero-order valence-electron chi connectivity index (χ0n) is 9.68. The second-order valence-corrected chi connectivity index (χ2v) is 5.92. The highest BCUT2D eigenvalue weighted by atomic mass is 35.5. The first-order valence-electron chi connectivity index (χ1n) is 5.46. The summed E-state index contributed by atoms with van der Waals surface area (Å²) in [6, 6.07) is 1.41. The number of unbranched alkanes of at least 4 members (excludes halogenated alkanes) is 1. The fourth-order valence-corrected chi connectivity index (χ4v) is 2.99. The van der Waals surface area contributed by atoms with Crippen LogP contribution in [0.15, 0.2) is 12.3 Å². The third-order valence-corrected chi connectivity index (χ3v) is 4.13. The number of nitrogens with zero attached hydrogens (tertiary/aromatic N) is 2. The van der Waals surface area contributed by atoms with Crippen molar-refractivity contribution in [2.24, 2.45) is 0 Å². The number of amides is 1. The largest absolute Gasteiger partial charge is 0.327 e. The molecule has 0 saturated carbocycles. The topological polar surface area (TPSA) is 79.4 Å². The summed E-state index contributed by atoms with van der Waals surface area (Å²) >= 11 is 5.75. The molecule has 98 valence electrons. The Morgan fingerprint density at radius 1 is 1.50 bits per heavy atom. The molecule has 0 unspecified atom stereocenters. The third kappa shape index (κ3) is 2.28. The van der Waals surface area contributed by atoms with Crippen molar-refractivity contribution in [1.82, 2.24) is 9.29 Å². The van der Waals surface area contributed by atoms with E-state index in [-0.39, 0.29) is 17.9 Å². The highest BCUT2D eigenvalue weighted by Crippen LogP contribution is 2.26. The summed E-state index contributed by atoms with van der Waals surface area (Å²) in [5.74, 6) is -0.565. The molecule has 6 nitrogen and oxygen atoms in total. The van der Waals surface area contributed by atoms with Gasteiger partial charge in [0.25, 0.3) is 5.91 Å². The Bertz CT molecular complexity index is 588. The van der Waals surface area contributed by atoms with Gasteiger partial charge in [0.2, 0.25) is 0 Å². The van der Waals surface area contributed by atoms with Gasteiger partial charge in [0.15, 0.2) is 5.82 Å². The molecule has 0 atom stereocenters. The molecule has 0 fully saturated rings. The van der Waals surface area contributed by atoms with E-state index in [1.165, 1.54) is 12.3 Å². The molecule has 8 heteroatoms. The molecule has 1 aromatic heterocycles. The molecule has 1 aromatic rings. The van der Waals surface area contributed by atoms with E-state index in [1.54, 1.807) is 0 Å². The minimum atomic E-state index is -3.84. The highest BCUT2D eigenvalue weighted by molar-refractivity contribution is 7.91. The predicted molar refractivity (Wildman–Crippen MR) is 67.7 cm³/mol. The van der Waals surface area contributed by atoms with Gasteiger partial charge < -0.3 is 0 Å². The summed E-state index contributed by atoms with van der Waals surface area (Å²) in [5, 5.41) is 0.290. The van der Waals surface area contributed by atoms with E-state index in [0.717, 1.165) is 10.7 Å². The third-order valence-electron chi connectivity index (χ3n) is 2.54. The van der Waals surface area contributed by atoms with Gasteiger partial charge in [-0.2, -0.15) is 8.42 Å². The molecule has 2 rings (SSSR count). The van der Waals surface area contributed by atoms with Gasteiger partial charge in [-0.1, -0.05) is 24.9 Å². The molecule has 1 aliphatic rings. The standard InChI is InChI=1S/C10H12ClN3O3S/c1-2-3-4-14-10(15)8-5-7(11)6-12-9(8)13-18(14,16)17/h5-6H,2-4H2,1H3,(H,12,13). The SMILES string of the molecule is CCCCN1C(=O)c2cc(Cl)cnc2NS1(=O)=O. The highest BCUT2D eigenvalue weighted by Gasteiger charge is 2.35. The minimum absolute atomic E-state index is 0.0251. The summed E-state index contributed by atoms with van der Waals surface area (Å²) in [4.78, 5) is 15.9. The maximum absolute atomic E-state index is 12.1. The summed E-state index contributed by atoms with van der Waals surface area (Å²) in [6.07, 6.45) is 2.69. The van der Waals surface area contributed by atoms with Crippen LogP contribution in [0.2, 0.25) is 5.02 Å². The molecular weight excluding hydrogens is 278 g/mol. The van der Waals surface area contributed by atoms with Crippen molar-refractivity contribution in [3.05, 3.63) is 22.8 Å². The van der Waals surface area contributed by atoms with Crippen molar-refractivity contribution in [3.63, 3.8) is 0 Å². The van der Waals surface area contributed by atoms with Crippen molar-refractivity contribution in [3.8, 4) is 0 Å². The van der Waals surface area contributed by atoms with Crippen molar-refractivity contribution in [2.75, 3.05) is 11.3 Å². The molecule has 0 aliphatic carbocycles. The van der Waals surface area contributed by atoms with E-state index in [9.17, 15) is 13.2 Å². The molecule has 0 radical (unpaired) electrons. The van der Waals surface area contributed by atoms with Crippen molar-refractivity contribution in [2.45, 2.75) is 19.8 Å². The Morgan fingerprint density at radius 3 is 2.89 bits per heavy atom. The number of fused-ring (bicyclic) bond motifs is 1. The minimum Gasteiger partial charge on any atom is -0.268 e. The van der Waals surface area contributed by atoms with Crippen LogP contribution in [-0.4, -0.2) is 30.2 Å². The Kier molecular flexibility index (Phi) is 3.45. The number of anilines is 1. The Hall–Kier alpha value is -1.34. The lowest BCUT2D eigenvalue weighted by Gasteiger charge is -2.28. The Labute approximate surface area is 110 Å². The first-order chi connectivity index (χ1) is 8.45. The maximum atomic E-state index is 12.1. The average Bonchev–Trinajstić information content (AvgIpc) is 2.30. The van der Waals surface area contributed by atoms with Crippen LogP contribution in [0.25, 0.3) is 0 Å². The first-order valence-corrected chi connectivity index (χ1v) is 7.28. The van der Waals surface area contributed by atoms with Crippen molar-refractivity contribution < 1.29 is 13.2 Å². The zero-order valence-corrected chi connectivity index (χ0v) is 11.3. The molecular formula is C10H12ClN3O3S. The van der Waals surface area contributed by atoms with Crippen LogP contribution >= 0.6 is 11.6 Å².